The Morgan fingerprint density at radius 1 is 1.26 bits per heavy atom. The molecule has 1 N–H and O–H groups in total. The summed E-state index contributed by atoms with van der Waals surface area (Å²) in [5, 5.41) is 11.4. The number of hydrogen-bond acceptors (Lipinski definition) is 5. The van der Waals surface area contributed by atoms with Crippen LogP contribution in [0.5, 0.6) is 0 Å². The van der Waals surface area contributed by atoms with E-state index < -0.39 is 0 Å². The highest BCUT2D eigenvalue weighted by Gasteiger charge is 2.24. The van der Waals surface area contributed by atoms with Crippen LogP contribution in [0.3, 0.4) is 0 Å². The number of amides is 1. The fourth-order valence-corrected chi connectivity index (χ4v) is 4.36. The van der Waals surface area contributed by atoms with Gasteiger partial charge in [-0.2, -0.15) is 5.10 Å². The Kier molecular flexibility index (Phi) is 5.57. The minimum Gasteiger partial charge on any atom is -0.361 e. The van der Waals surface area contributed by atoms with E-state index in [9.17, 15) is 4.79 Å². The number of fused-ring (bicyclic) bond motifs is 1. The zero-order valence-electron chi connectivity index (χ0n) is 16.1. The monoisotopic (exact) mass is 371 g/mol. The molecule has 1 fully saturated rings. The van der Waals surface area contributed by atoms with Crippen LogP contribution >= 0.6 is 0 Å². The van der Waals surface area contributed by atoms with Crippen LogP contribution in [-0.2, 0) is 26.1 Å². The molecule has 1 saturated carbocycles. The average Bonchev–Trinajstić information content (AvgIpc) is 3.28. The van der Waals surface area contributed by atoms with Crippen molar-refractivity contribution in [3.8, 4) is 0 Å². The Labute approximate surface area is 160 Å². The quantitative estimate of drug-likeness (QED) is 0.875. The number of carbonyl (C=O) groups is 1. The summed E-state index contributed by atoms with van der Waals surface area (Å²) in [5.74, 6) is 0.469. The van der Waals surface area contributed by atoms with Crippen LogP contribution in [0.4, 0.5) is 0 Å². The average molecular weight is 371 g/mol. The Morgan fingerprint density at radius 2 is 2.11 bits per heavy atom. The molecule has 7 nitrogen and oxygen atoms in total. The molecule has 1 amide bonds. The van der Waals surface area contributed by atoms with E-state index in [4.69, 9.17) is 9.62 Å². The van der Waals surface area contributed by atoms with Crippen molar-refractivity contribution in [1.82, 2.24) is 25.2 Å². The maximum Gasteiger partial charge on any atom is 0.256 e. The van der Waals surface area contributed by atoms with Crippen LogP contribution in [-0.4, -0.2) is 38.3 Å². The number of nitrogens with one attached hydrogen (secondary N) is 1. The largest absolute Gasteiger partial charge is 0.361 e. The van der Waals surface area contributed by atoms with Crippen molar-refractivity contribution in [2.75, 3.05) is 6.54 Å². The van der Waals surface area contributed by atoms with E-state index in [1.54, 1.807) is 0 Å². The van der Waals surface area contributed by atoms with Gasteiger partial charge in [0.1, 0.15) is 11.3 Å². The highest BCUT2D eigenvalue weighted by molar-refractivity contribution is 5.94. The van der Waals surface area contributed by atoms with Crippen LogP contribution in [0.2, 0.25) is 0 Å². The zero-order valence-corrected chi connectivity index (χ0v) is 16.1. The summed E-state index contributed by atoms with van der Waals surface area (Å²) in [5.41, 5.74) is 2.70. The summed E-state index contributed by atoms with van der Waals surface area (Å²) in [6, 6.07) is 2.87. The van der Waals surface area contributed by atoms with Gasteiger partial charge in [0.25, 0.3) is 5.91 Å². The third-order valence-corrected chi connectivity index (χ3v) is 5.83. The van der Waals surface area contributed by atoms with E-state index in [0.717, 1.165) is 37.8 Å². The van der Waals surface area contributed by atoms with E-state index in [1.807, 2.05) is 6.92 Å². The molecule has 0 spiro atoms. The first-order valence-electron chi connectivity index (χ1n) is 10.3. The standard InChI is InChI=1S/C20H29N5O2/c1-2-19-18(13-22-27-19)20(26)21-12-15-11-17-14-24(9-6-10-25(17)23-15)16-7-4-3-5-8-16/h11,13,16H,2-10,12,14H2,1H3,(H,21,26). The molecule has 2 aromatic heterocycles. The number of rotatable bonds is 5. The minimum absolute atomic E-state index is 0.153. The predicted molar refractivity (Wildman–Crippen MR) is 101 cm³/mol. The number of aromatic nitrogens is 3. The molecule has 4 rings (SSSR count). The lowest BCUT2D eigenvalue weighted by molar-refractivity contribution is 0.0948. The topological polar surface area (TPSA) is 76.2 Å². The van der Waals surface area contributed by atoms with Crippen molar-refractivity contribution in [3.63, 3.8) is 0 Å². The molecule has 7 heteroatoms. The molecule has 3 heterocycles. The van der Waals surface area contributed by atoms with Gasteiger partial charge in [-0.05, 0) is 25.3 Å². The van der Waals surface area contributed by atoms with Gasteiger partial charge in [-0.15, -0.1) is 0 Å². The fraction of sp³-hybridized carbons (Fsp3) is 0.650. The second-order valence-electron chi connectivity index (χ2n) is 7.66. The third-order valence-electron chi connectivity index (χ3n) is 5.83. The number of aryl methyl sites for hydroxylation is 2. The maximum atomic E-state index is 12.4. The van der Waals surface area contributed by atoms with E-state index >= 15 is 0 Å². The van der Waals surface area contributed by atoms with Gasteiger partial charge >= 0.3 is 0 Å². The molecule has 1 aliphatic carbocycles. The van der Waals surface area contributed by atoms with E-state index in [2.05, 4.69) is 26.1 Å². The summed E-state index contributed by atoms with van der Waals surface area (Å²) in [4.78, 5) is 15.0. The van der Waals surface area contributed by atoms with Crippen molar-refractivity contribution in [2.45, 2.75) is 77.5 Å². The number of hydrogen-bond donors (Lipinski definition) is 1. The molecule has 2 aromatic rings. The van der Waals surface area contributed by atoms with Gasteiger partial charge in [0.05, 0.1) is 24.1 Å². The first kappa shape index (κ1) is 18.2. The van der Waals surface area contributed by atoms with Crippen LogP contribution in [0.15, 0.2) is 16.8 Å². The first-order chi connectivity index (χ1) is 13.2. The molecule has 0 atom stereocenters. The summed E-state index contributed by atoms with van der Waals surface area (Å²) >= 11 is 0. The van der Waals surface area contributed by atoms with Crippen LogP contribution in [0.1, 0.15) is 73.0 Å². The molecule has 146 valence electrons. The van der Waals surface area contributed by atoms with Crippen molar-refractivity contribution < 1.29 is 9.32 Å². The van der Waals surface area contributed by atoms with Gasteiger partial charge in [-0.25, -0.2) is 0 Å². The molecule has 0 unspecified atom stereocenters. The predicted octanol–water partition coefficient (Wildman–Crippen LogP) is 2.90. The maximum absolute atomic E-state index is 12.4. The second-order valence-corrected chi connectivity index (χ2v) is 7.66. The van der Waals surface area contributed by atoms with Crippen LogP contribution in [0, 0.1) is 0 Å². The highest BCUT2D eigenvalue weighted by Crippen LogP contribution is 2.26. The van der Waals surface area contributed by atoms with Gasteiger partial charge < -0.3 is 9.84 Å². The number of nitrogens with zero attached hydrogens (tertiary/aromatic N) is 4. The van der Waals surface area contributed by atoms with Crippen molar-refractivity contribution in [2.24, 2.45) is 0 Å². The lowest BCUT2D eigenvalue weighted by Gasteiger charge is -2.33. The molecular weight excluding hydrogens is 342 g/mol. The molecule has 2 aliphatic rings. The van der Waals surface area contributed by atoms with Crippen molar-refractivity contribution in [3.05, 3.63) is 35.0 Å². The number of carbonyl (C=O) groups excluding carboxylic acids is 1. The van der Waals surface area contributed by atoms with Gasteiger partial charge in [-0.3, -0.25) is 14.4 Å². The van der Waals surface area contributed by atoms with Gasteiger partial charge in [0.2, 0.25) is 0 Å². The third kappa shape index (κ3) is 4.08. The molecule has 1 aliphatic heterocycles. The first-order valence-corrected chi connectivity index (χ1v) is 10.3. The lowest BCUT2D eigenvalue weighted by atomic mass is 9.94. The molecule has 0 saturated heterocycles. The Morgan fingerprint density at radius 3 is 2.93 bits per heavy atom. The smallest absolute Gasteiger partial charge is 0.256 e. The van der Waals surface area contributed by atoms with E-state index in [1.165, 1.54) is 44.0 Å². The normalized spacial score (nSPS) is 18.9. The molecule has 0 bridgehead atoms. The Bertz CT molecular complexity index is 775. The fourth-order valence-electron chi connectivity index (χ4n) is 4.36. The summed E-state index contributed by atoms with van der Waals surface area (Å²) in [6.07, 6.45) is 10.0. The SMILES string of the molecule is CCc1oncc1C(=O)NCc1cc2n(n1)CCCN(C1CCCCC1)C2. The minimum atomic E-state index is -0.153. The van der Waals surface area contributed by atoms with E-state index in [-0.39, 0.29) is 5.91 Å². The van der Waals surface area contributed by atoms with Crippen molar-refractivity contribution >= 4 is 5.91 Å². The van der Waals surface area contributed by atoms with Crippen LogP contribution < -0.4 is 5.32 Å². The molecule has 0 aromatic carbocycles. The summed E-state index contributed by atoms with van der Waals surface area (Å²) in [6.45, 7) is 5.46. The lowest BCUT2D eigenvalue weighted by Crippen LogP contribution is -2.36. The molecular formula is C20H29N5O2. The van der Waals surface area contributed by atoms with Gasteiger partial charge in [0, 0.05) is 32.1 Å². The molecule has 27 heavy (non-hydrogen) atoms. The highest BCUT2D eigenvalue weighted by atomic mass is 16.5. The summed E-state index contributed by atoms with van der Waals surface area (Å²) < 4.78 is 7.23. The Balaban J connectivity index is 1.39. The van der Waals surface area contributed by atoms with Gasteiger partial charge in [-0.1, -0.05) is 31.3 Å². The van der Waals surface area contributed by atoms with Crippen molar-refractivity contribution in [1.29, 1.82) is 0 Å². The van der Waals surface area contributed by atoms with Crippen LogP contribution in [0.25, 0.3) is 0 Å². The Hall–Kier alpha value is -2.15. The molecule has 0 radical (unpaired) electrons. The second kappa shape index (κ2) is 8.25. The summed E-state index contributed by atoms with van der Waals surface area (Å²) in [7, 11) is 0. The zero-order chi connectivity index (χ0) is 18.6. The van der Waals surface area contributed by atoms with E-state index in [0.29, 0.717) is 24.3 Å². The van der Waals surface area contributed by atoms with Gasteiger partial charge in [0.15, 0.2) is 0 Å².